The van der Waals surface area contributed by atoms with Crippen molar-refractivity contribution < 1.29 is 9.59 Å². The second-order valence-corrected chi connectivity index (χ2v) is 4.17. The second kappa shape index (κ2) is 6.79. The third-order valence-corrected chi connectivity index (χ3v) is 2.75. The standard InChI is InChI=1S/C14H20N2O2/c1-4-13-5-7-14(8-6-13)16(12(3)18)10-9-15-11(2)17/h5-8H,4,9-10H2,1-3H3,(H,15,17). The van der Waals surface area contributed by atoms with E-state index in [1.807, 2.05) is 24.3 Å². The first-order chi connectivity index (χ1) is 8.54. The van der Waals surface area contributed by atoms with Gasteiger partial charge in [-0.15, -0.1) is 0 Å². The molecule has 4 nitrogen and oxygen atoms in total. The van der Waals surface area contributed by atoms with E-state index in [0.29, 0.717) is 13.1 Å². The minimum absolute atomic E-state index is 0.0235. The first kappa shape index (κ1) is 14.2. The van der Waals surface area contributed by atoms with Gasteiger partial charge in [-0.3, -0.25) is 9.59 Å². The highest BCUT2D eigenvalue weighted by Gasteiger charge is 2.10. The molecule has 0 spiro atoms. The van der Waals surface area contributed by atoms with E-state index in [1.54, 1.807) is 4.90 Å². The van der Waals surface area contributed by atoms with Gasteiger partial charge in [-0.2, -0.15) is 0 Å². The van der Waals surface area contributed by atoms with E-state index in [1.165, 1.54) is 19.4 Å². The van der Waals surface area contributed by atoms with Crippen LogP contribution in [0.2, 0.25) is 0 Å². The molecule has 0 aliphatic carbocycles. The van der Waals surface area contributed by atoms with Gasteiger partial charge in [0, 0.05) is 32.6 Å². The number of benzene rings is 1. The van der Waals surface area contributed by atoms with Crippen LogP contribution in [0.4, 0.5) is 5.69 Å². The molecule has 0 atom stereocenters. The lowest BCUT2D eigenvalue weighted by Gasteiger charge is -2.21. The molecule has 1 aromatic carbocycles. The van der Waals surface area contributed by atoms with Crippen LogP contribution in [0.25, 0.3) is 0 Å². The maximum Gasteiger partial charge on any atom is 0.223 e. The fraction of sp³-hybridized carbons (Fsp3) is 0.429. The number of anilines is 1. The Bertz CT molecular complexity index is 412. The molecule has 0 aliphatic heterocycles. The van der Waals surface area contributed by atoms with Crippen molar-refractivity contribution >= 4 is 17.5 Å². The molecule has 4 heteroatoms. The van der Waals surface area contributed by atoms with Crippen molar-refractivity contribution in [3.8, 4) is 0 Å². The van der Waals surface area contributed by atoms with Gasteiger partial charge in [0.2, 0.25) is 11.8 Å². The lowest BCUT2D eigenvalue weighted by atomic mass is 10.1. The highest BCUT2D eigenvalue weighted by atomic mass is 16.2. The van der Waals surface area contributed by atoms with E-state index >= 15 is 0 Å². The average molecular weight is 248 g/mol. The molecular weight excluding hydrogens is 228 g/mol. The quantitative estimate of drug-likeness (QED) is 0.863. The Morgan fingerprint density at radius 2 is 1.78 bits per heavy atom. The number of carbonyl (C=O) groups is 2. The summed E-state index contributed by atoms with van der Waals surface area (Å²) in [7, 11) is 0. The Kier molecular flexibility index (Phi) is 5.36. The van der Waals surface area contributed by atoms with E-state index in [0.717, 1.165) is 12.1 Å². The largest absolute Gasteiger partial charge is 0.355 e. The van der Waals surface area contributed by atoms with Gasteiger partial charge in [-0.05, 0) is 24.1 Å². The summed E-state index contributed by atoms with van der Waals surface area (Å²) in [6.07, 6.45) is 0.978. The molecule has 0 aromatic heterocycles. The molecule has 2 amide bonds. The van der Waals surface area contributed by atoms with Crippen molar-refractivity contribution in [2.24, 2.45) is 0 Å². The van der Waals surface area contributed by atoms with Crippen molar-refractivity contribution in [2.75, 3.05) is 18.0 Å². The fourth-order valence-corrected chi connectivity index (χ4v) is 1.72. The Morgan fingerprint density at radius 3 is 2.22 bits per heavy atom. The van der Waals surface area contributed by atoms with Gasteiger partial charge >= 0.3 is 0 Å². The first-order valence-corrected chi connectivity index (χ1v) is 6.16. The number of hydrogen-bond donors (Lipinski definition) is 1. The van der Waals surface area contributed by atoms with Crippen LogP contribution in [-0.4, -0.2) is 24.9 Å². The monoisotopic (exact) mass is 248 g/mol. The lowest BCUT2D eigenvalue weighted by Crippen LogP contribution is -2.36. The number of hydrogen-bond acceptors (Lipinski definition) is 2. The third kappa shape index (κ3) is 4.20. The molecule has 0 radical (unpaired) electrons. The van der Waals surface area contributed by atoms with Gasteiger partial charge < -0.3 is 10.2 Å². The van der Waals surface area contributed by atoms with E-state index in [9.17, 15) is 9.59 Å². The molecular formula is C14H20N2O2. The van der Waals surface area contributed by atoms with Crippen molar-refractivity contribution in [3.63, 3.8) is 0 Å². The summed E-state index contributed by atoms with van der Waals surface area (Å²) >= 11 is 0. The molecule has 1 rings (SSSR count). The summed E-state index contributed by atoms with van der Waals surface area (Å²) in [4.78, 5) is 24.1. The van der Waals surface area contributed by atoms with Crippen LogP contribution in [-0.2, 0) is 16.0 Å². The first-order valence-electron chi connectivity index (χ1n) is 6.16. The molecule has 1 N–H and O–H groups in total. The Hall–Kier alpha value is -1.84. The summed E-state index contributed by atoms with van der Waals surface area (Å²) < 4.78 is 0. The maximum absolute atomic E-state index is 11.6. The van der Waals surface area contributed by atoms with Crippen molar-refractivity contribution in [1.82, 2.24) is 5.32 Å². The molecule has 0 heterocycles. The second-order valence-electron chi connectivity index (χ2n) is 4.17. The molecule has 98 valence electrons. The molecule has 0 saturated carbocycles. The highest BCUT2D eigenvalue weighted by Crippen LogP contribution is 2.15. The third-order valence-electron chi connectivity index (χ3n) is 2.75. The Balaban J connectivity index is 2.71. The topological polar surface area (TPSA) is 49.4 Å². The SMILES string of the molecule is CCc1ccc(N(CCNC(C)=O)C(C)=O)cc1. The maximum atomic E-state index is 11.6. The normalized spacial score (nSPS) is 9.94. The van der Waals surface area contributed by atoms with E-state index in [-0.39, 0.29) is 11.8 Å². The number of nitrogens with zero attached hydrogens (tertiary/aromatic N) is 1. The number of aryl methyl sites for hydroxylation is 1. The minimum atomic E-state index is -0.0835. The van der Waals surface area contributed by atoms with Gasteiger partial charge in [0.1, 0.15) is 0 Å². The molecule has 0 aliphatic rings. The number of amides is 2. The van der Waals surface area contributed by atoms with Crippen LogP contribution < -0.4 is 10.2 Å². The van der Waals surface area contributed by atoms with Gasteiger partial charge in [0.05, 0.1) is 0 Å². The van der Waals surface area contributed by atoms with E-state index in [2.05, 4.69) is 12.2 Å². The van der Waals surface area contributed by atoms with Crippen LogP contribution in [0.15, 0.2) is 24.3 Å². The van der Waals surface area contributed by atoms with Crippen LogP contribution in [0.5, 0.6) is 0 Å². The average Bonchev–Trinajstić information content (AvgIpc) is 2.34. The molecule has 0 saturated heterocycles. The zero-order valence-corrected chi connectivity index (χ0v) is 11.2. The minimum Gasteiger partial charge on any atom is -0.355 e. The van der Waals surface area contributed by atoms with Crippen LogP contribution >= 0.6 is 0 Å². The zero-order valence-electron chi connectivity index (χ0n) is 11.2. The molecule has 0 unspecified atom stereocenters. The molecule has 0 fully saturated rings. The Morgan fingerprint density at radius 1 is 1.17 bits per heavy atom. The van der Waals surface area contributed by atoms with Crippen molar-refractivity contribution in [2.45, 2.75) is 27.2 Å². The van der Waals surface area contributed by atoms with Crippen LogP contribution in [0.3, 0.4) is 0 Å². The molecule has 18 heavy (non-hydrogen) atoms. The summed E-state index contributed by atoms with van der Waals surface area (Å²) in [6.45, 7) is 6.04. The molecule has 0 bridgehead atoms. The zero-order chi connectivity index (χ0) is 13.5. The summed E-state index contributed by atoms with van der Waals surface area (Å²) in [5, 5.41) is 2.69. The Labute approximate surface area is 108 Å². The summed E-state index contributed by atoms with van der Waals surface area (Å²) in [6, 6.07) is 7.91. The van der Waals surface area contributed by atoms with Gasteiger partial charge in [-0.1, -0.05) is 19.1 Å². The smallest absolute Gasteiger partial charge is 0.223 e. The molecule has 1 aromatic rings. The van der Waals surface area contributed by atoms with Gasteiger partial charge in [0.25, 0.3) is 0 Å². The predicted molar refractivity (Wildman–Crippen MR) is 72.5 cm³/mol. The van der Waals surface area contributed by atoms with Crippen LogP contribution in [0.1, 0.15) is 26.3 Å². The fourth-order valence-electron chi connectivity index (χ4n) is 1.72. The highest BCUT2D eigenvalue weighted by molar-refractivity contribution is 5.91. The predicted octanol–water partition coefficient (Wildman–Crippen LogP) is 1.74. The van der Waals surface area contributed by atoms with Gasteiger partial charge in [0.15, 0.2) is 0 Å². The number of nitrogens with one attached hydrogen (secondary N) is 1. The van der Waals surface area contributed by atoms with Crippen molar-refractivity contribution in [1.29, 1.82) is 0 Å². The van der Waals surface area contributed by atoms with Gasteiger partial charge in [-0.25, -0.2) is 0 Å². The number of carbonyl (C=O) groups excluding carboxylic acids is 2. The van der Waals surface area contributed by atoms with Crippen molar-refractivity contribution in [3.05, 3.63) is 29.8 Å². The van der Waals surface area contributed by atoms with E-state index < -0.39 is 0 Å². The summed E-state index contributed by atoms with van der Waals surface area (Å²) in [5.41, 5.74) is 2.11. The summed E-state index contributed by atoms with van der Waals surface area (Å²) in [5.74, 6) is -0.107. The number of rotatable bonds is 5. The van der Waals surface area contributed by atoms with E-state index in [4.69, 9.17) is 0 Å². The lowest BCUT2D eigenvalue weighted by molar-refractivity contribution is -0.119. The van der Waals surface area contributed by atoms with Crippen LogP contribution in [0, 0.1) is 0 Å².